The second kappa shape index (κ2) is 5.52. The molecule has 0 aromatic heterocycles. The Morgan fingerprint density at radius 2 is 1.78 bits per heavy atom. The summed E-state index contributed by atoms with van der Waals surface area (Å²) in [5, 5.41) is 9.29. The standard InChI is InChI=1S/C15H11ClO2/c16-14-7-5-12(6-8-14)13-3-1-2-11(10-13)4-9-15(17)18/h1-10H,(H,17,18). The minimum atomic E-state index is -0.952. The number of hydrogen-bond acceptors (Lipinski definition) is 1. The van der Waals surface area contributed by atoms with E-state index < -0.39 is 5.97 Å². The van der Waals surface area contributed by atoms with Crippen LogP contribution < -0.4 is 0 Å². The topological polar surface area (TPSA) is 37.3 Å². The average molecular weight is 259 g/mol. The zero-order chi connectivity index (χ0) is 13.0. The Labute approximate surface area is 110 Å². The Bertz CT molecular complexity index is 586. The van der Waals surface area contributed by atoms with Crippen molar-refractivity contribution in [1.29, 1.82) is 0 Å². The molecule has 0 saturated carbocycles. The molecule has 0 saturated heterocycles. The number of rotatable bonds is 3. The fourth-order valence-electron chi connectivity index (χ4n) is 1.63. The Morgan fingerprint density at radius 1 is 1.06 bits per heavy atom. The van der Waals surface area contributed by atoms with E-state index in [0.717, 1.165) is 22.8 Å². The Balaban J connectivity index is 2.32. The summed E-state index contributed by atoms with van der Waals surface area (Å²) in [7, 11) is 0. The first-order valence-corrected chi connectivity index (χ1v) is 5.80. The monoisotopic (exact) mass is 258 g/mol. The number of halogens is 1. The van der Waals surface area contributed by atoms with Gasteiger partial charge in [-0.15, -0.1) is 0 Å². The van der Waals surface area contributed by atoms with Crippen LogP contribution in [0.25, 0.3) is 17.2 Å². The Hall–Kier alpha value is -2.06. The van der Waals surface area contributed by atoms with Gasteiger partial charge in [-0.05, 0) is 41.0 Å². The zero-order valence-electron chi connectivity index (χ0n) is 9.51. The predicted molar refractivity (Wildman–Crippen MR) is 73.6 cm³/mol. The van der Waals surface area contributed by atoms with Crippen LogP contribution in [0.3, 0.4) is 0 Å². The molecule has 2 aromatic carbocycles. The molecular weight excluding hydrogens is 248 g/mol. The molecular formula is C15H11ClO2. The first-order chi connectivity index (χ1) is 8.65. The van der Waals surface area contributed by atoms with Crippen molar-refractivity contribution in [2.45, 2.75) is 0 Å². The van der Waals surface area contributed by atoms with Gasteiger partial charge in [0.05, 0.1) is 0 Å². The summed E-state index contributed by atoms with van der Waals surface area (Å²) in [6.45, 7) is 0. The van der Waals surface area contributed by atoms with Crippen LogP contribution in [0.15, 0.2) is 54.6 Å². The molecule has 2 rings (SSSR count). The quantitative estimate of drug-likeness (QED) is 0.842. The molecule has 0 atom stereocenters. The van der Waals surface area contributed by atoms with Crippen molar-refractivity contribution < 1.29 is 9.90 Å². The molecule has 0 aliphatic rings. The maximum atomic E-state index is 10.5. The summed E-state index contributed by atoms with van der Waals surface area (Å²) >= 11 is 5.84. The van der Waals surface area contributed by atoms with E-state index in [1.807, 2.05) is 48.5 Å². The Morgan fingerprint density at radius 3 is 2.44 bits per heavy atom. The molecule has 0 radical (unpaired) electrons. The van der Waals surface area contributed by atoms with Gasteiger partial charge in [-0.1, -0.05) is 41.9 Å². The van der Waals surface area contributed by atoms with E-state index in [9.17, 15) is 4.79 Å². The first kappa shape index (κ1) is 12.4. The van der Waals surface area contributed by atoms with Crippen LogP contribution in [0.2, 0.25) is 5.02 Å². The summed E-state index contributed by atoms with van der Waals surface area (Å²) < 4.78 is 0. The Kier molecular flexibility index (Phi) is 3.80. The van der Waals surface area contributed by atoms with Crippen LogP contribution in [0, 0.1) is 0 Å². The average Bonchev–Trinajstić information content (AvgIpc) is 2.37. The van der Waals surface area contributed by atoms with Crippen molar-refractivity contribution in [3.05, 3.63) is 65.2 Å². The fourth-order valence-corrected chi connectivity index (χ4v) is 1.76. The number of carboxylic acid groups (broad SMARTS) is 1. The number of aliphatic carboxylic acids is 1. The molecule has 2 aromatic rings. The molecule has 0 aliphatic heterocycles. The highest BCUT2D eigenvalue weighted by Crippen LogP contribution is 2.22. The molecule has 0 bridgehead atoms. The lowest BCUT2D eigenvalue weighted by Crippen LogP contribution is -1.86. The van der Waals surface area contributed by atoms with E-state index in [1.165, 1.54) is 0 Å². The third-order valence-corrected chi connectivity index (χ3v) is 2.73. The first-order valence-electron chi connectivity index (χ1n) is 5.42. The highest BCUT2D eigenvalue weighted by molar-refractivity contribution is 6.30. The van der Waals surface area contributed by atoms with Gasteiger partial charge in [-0.2, -0.15) is 0 Å². The molecule has 0 spiro atoms. The van der Waals surface area contributed by atoms with E-state index in [-0.39, 0.29) is 0 Å². The number of benzene rings is 2. The third-order valence-electron chi connectivity index (χ3n) is 2.48. The number of carboxylic acids is 1. The second-order valence-corrected chi connectivity index (χ2v) is 4.24. The molecule has 0 amide bonds. The van der Waals surface area contributed by atoms with E-state index in [4.69, 9.17) is 16.7 Å². The largest absolute Gasteiger partial charge is 0.478 e. The molecule has 0 aliphatic carbocycles. The van der Waals surface area contributed by atoms with Gasteiger partial charge in [0.1, 0.15) is 0 Å². The summed E-state index contributed by atoms with van der Waals surface area (Å²) in [5.74, 6) is -0.952. The summed E-state index contributed by atoms with van der Waals surface area (Å²) in [5.41, 5.74) is 2.93. The summed E-state index contributed by atoms with van der Waals surface area (Å²) in [6.07, 6.45) is 2.70. The molecule has 2 nitrogen and oxygen atoms in total. The lowest BCUT2D eigenvalue weighted by molar-refractivity contribution is -0.131. The smallest absolute Gasteiger partial charge is 0.328 e. The van der Waals surface area contributed by atoms with Gasteiger partial charge in [0.2, 0.25) is 0 Å². The van der Waals surface area contributed by atoms with Gasteiger partial charge in [0, 0.05) is 11.1 Å². The molecule has 0 heterocycles. The lowest BCUT2D eigenvalue weighted by atomic mass is 10.0. The lowest BCUT2D eigenvalue weighted by Gasteiger charge is -2.03. The van der Waals surface area contributed by atoms with Gasteiger partial charge in [-0.3, -0.25) is 0 Å². The van der Waals surface area contributed by atoms with E-state index in [1.54, 1.807) is 6.08 Å². The second-order valence-electron chi connectivity index (χ2n) is 3.80. The van der Waals surface area contributed by atoms with Crippen molar-refractivity contribution >= 4 is 23.6 Å². The van der Waals surface area contributed by atoms with Crippen molar-refractivity contribution in [3.8, 4) is 11.1 Å². The van der Waals surface area contributed by atoms with Crippen molar-refractivity contribution in [2.75, 3.05) is 0 Å². The SMILES string of the molecule is O=C(O)C=Cc1cccc(-c2ccc(Cl)cc2)c1. The van der Waals surface area contributed by atoms with Crippen LogP contribution in [-0.4, -0.2) is 11.1 Å². The van der Waals surface area contributed by atoms with Crippen molar-refractivity contribution in [3.63, 3.8) is 0 Å². The highest BCUT2D eigenvalue weighted by atomic mass is 35.5. The van der Waals surface area contributed by atoms with Gasteiger partial charge in [-0.25, -0.2) is 4.79 Å². The fraction of sp³-hybridized carbons (Fsp3) is 0. The molecule has 0 fully saturated rings. The van der Waals surface area contributed by atoms with Crippen LogP contribution in [0.5, 0.6) is 0 Å². The minimum absolute atomic E-state index is 0.695. The van der Waals surface area contributed by atoms with Crippen LogP contribution in [-0.2, 0) is 4.79 Å². The van der Waals surface area contributed by atoms with Crippen LogP contribution in [0.1, 0.15) is 5.56 Å². The maximum Gasteiger partial charge on any atom is 0.328 e. The van der Waals surface area contributed by atoms with Crippen molar-refractivity contribution in [1.82, 2.24) is 0 Å². The van der Waals surface area contributed by atoms with Crippen LogP contribution in [0.4, 0.5) is 0 Å². The molecule has 3 heteroatoms. The minimum Gasteiger partial charge on any atom is -0.478 e. The molecule has 90 valence electrons. The van der Waals surface area contributed by atoms with Crippen LogP contribution >= 0.6 is 11.6 Å². The number of carbonyl (C=O) groups is 1. The van der Waals surface area contributed by atoms with Crippen molar-refractivity contribution in [2.24, 2.45) is 0 Å². The van der Waals surface area contributed by atoms with E-state index >= 15 is 0 Å². The predicted octanol–water partition coefficient (Wildman–Crippen LogP) is 4.10. The summed E-state index contributed by atoms with van der Waals surface area (Å²) in [4.78, 5) is 10.5. The maximum absolute atomic E-state index is 10.5. The highest BCUT2D eigenvalue weighted by Gasteiger charge is 1.98. The zero-order valence-corrected chi connectivity index (χ0v) is 10.3. The van der Waals surface area contributed by atoms with Gasteiger partial charge in [0.25, 0.3) is 0 Å². The van der Waals surface area contributed by atoms with Gasteiger partial charge >= 0.3 is 5.97 Å². The molecule has 18 heavy (non-hydrogen) atoms. The van der Waals surface area contributed by atoms with E-state index in [0.29, 0.717) is 5.02 Å². The molecule has 0 unspecified atom stereocenters. The normalized spacial score (nSPS) is 10.7. The van der Waals surface area contributed by atoms with Gasteiger partial charge < -0.3 is 5.11 Å². The third kappa shape index (κ3) is 3.22. The molecule has 1 N–H and O–H groups in total. The summed E-state index contributed by atoms with van der Waals surface area (Å²) in [6, 6.07) is 15.2. The van der Waals surface area contributed by atoms with Gasteiger partial charge in [0.15, 0.2) is 0 Å². The number of hydrogen-bond donors (Lipinski definition) is 1. The van der Waals surface area contributed by atoms with E-state index in [2.05, 4.69) is 0 Å².